The van der Waals surface area contributed by atoms with Gasteiger partial charge in [0.05, 0.1) is 26.3 Å². The highest BCUT2D eigenvalue weighted by Gasteiger charge is 2.54. The molecule has 2 aliphatic rings. The quantitative estimate of drug-likeness (QED) is 0.315. The van der Waals surface area contributed by atoms with Gasteiger partial charge in [0.15, 0.2) is 0 Å². The van der Waals surface area contributed by atoms with Gasteiger partial charge in [0.25, 0.3) is 0 Å². The Bertz CT molecular complexity index is 1220. The number of nitrogens with zero attached hydrogens (tertiary/aromatic N) is 3. The number of hydrogen-bond acceptors (Lipinski definition) is 4. The van der Waals surface area contributed by atoms with E-state index in [2.05, 4.69) is 81.7 Å². The van der Waals surface area contributed by atoms with Gasteiger partial charge in [-0.3, -0.25) is 9.80 Å². The number of allylic oxidation sites excluding steroid dienone is 2. The zero-order valence-corrected chi connectivity index (χ0v) is 25.7. The van der Waals surface area contributed by atoms with E-state index in [-0.39, 0.29) is 11.6 Å². The van der Waals surface area contributed by atoms with Crippen molar-refractivity contribution in [2.45, 2.75) is 73.0 Å². The number of methoxy groups -OCH3 is 2. The second-order valence-corrected chi connectivity index (χ2v) is 12.1. The zero-order chi connectivity index (χ0) is 29.0. The Hall–Kier alpha value is -3.25. The first-order valence-corrected chi connectivity index (χ1v) is 14.5. The van der Waals surface area contributed by atoms with Crippen molar-refractivity contribution in [1.29, 1.82) is 0 Å². The van der Waals surface area contributed by atoms with Gasteiger partial charge >= 0.3 is 6.03 Å². The van der Waals surface area contributed by atoms with E-state index in [0.717, 1.165) is 55.2 Å². The molecule has 40 heavy (non-hydrogen) atoms. The minimum absolute atomic E-state index is 0.0777. The molecule has 0 unspecified atom stereocenters. The molecule has 2 aliphatic heterocycles. The van der Waals surface area contributed by atoms with Gasteiger partial charge in [0.2, 0.25) is 0 Å². The van der Waals surface area contributed by atoms with Gasteiger partial charge in [-0.25, -0.2) is 4.79 Å². The van der Waals surface area contributed by atoms with Crippen LogP contribution in [0.15, 0.2) is 59.8 Å². The number of carbonyl (C=O) groups excluding carboxylic acids is 1. The number of carbonyl (C=O) groups is 1. The summed E-state index contributed by atoms with van der Waals surface area (Å²) in [6.07, 6.45) is 6.33. The predicted molar refractivity (Wildman–Crippen MR) is 163 cm³/mol. The number of amides is 2. The summed E-state index contributed by atoms with van der Waals surface area (Å²) in [7, 11) is 3.32. The molecule has 0 bridgehead atoms. The first-order valence-electron chi connectivity index (χ1n) is 14.5. The standard InChI is InChI=1S/C34H47N3O3/c1-24(2)9-12-37-33(38)36(23-29-19-30(39-7)21-31(20-29)40-8)32(15-25(3)4)34(37)10-13-35(14-11-34)22-28-17-26(5)16-27(6)18-28/h9,15-21,25H,10-14,22-23H2,1-8H3/b32-15-. The van der Waals surface area contributed by atoms with Gasteiger partial charge < -0.3 is 14.4 Å². The SMILES string of the molecule is COc1cc(CN2C(=O)N(CC=C(C)C)C3(CCN(Cc4cc(C)cc(C)c4)CC3)/C2=C/C(C)C)cc(OC)c1. The van der Waals surface area contributed by atoms with Crippen molar-refractivity contribution in [1.82, 2.24) is 14.7 Å². The molecule has 2 aromatic rings. The number of piperidine rings is 1. The molecule has 0 aromatic heterocycles. The molecule has 1 spiro atoms. The van der Waals surface area contributed by atoms with E-state index in [0.29, 0.717) is 19.0 Å². The van der Waals surface area contributed by atoms with Gasteiger partial charge in [0, 0.05) is 37.9 Å². The third kappa shape index (κ3) is 6.55. The van der Waals surface area contributed by atoms with Crippen LogP contribution in [-0.4, -0.2) is 60.1 Å². The van der Waals surface area contributed by atoms with Crippen molar-refractivity contribution in [2.75, 3.05) is 33.9 Å². The number of likely N-dealkylation sites (tertiary alicyclic amines) is 1. The maximum Gasteiger partial charge on any atom is 0.325 e. The average molecular weight is 546 g/mol. The van der Waals surface area contributed by atoms with Crippen LogP contribution in [0.4, 0.5) is 4.79 Å². The molecule has 0 aliphatic carbocycles. The molecule has 6 nitrogen and oxygen atoms in total. The first kappa shape index (κ1) is 29.7. The van der Waals surface area contributed by atoms with E-state index in [1.165, 1.54) is 22.3 Å². The second kappa shape index (κ2) is 12.5. The zero-order valence-electron chi connectivity index (χ0n) is 25.7. The van der Waals surface area contributed by atoms with Crippen molar-refractivity contribution in [3.05, 3.63) is 82.1 Å². The first-order chi connectivity index (χ1) is 19.0. The van der Waals surface area contributed by atoms with Gasteiger partial charge in [-0.15, -0.1) is 0 Å². The second-order valence-electron chi connectivity index (χ2n) is 12.1. The van der Waals surface area contributed by atoms with Crippen LogP contribution in [0.5, 0.6) is 11.5 Å². The number of ether oxygens (including phenoxy) is 2. The number of urea groups is 1. The predicted octanol–water partition coefficient (Wildman–Crippen LogP) is 7.10. The summed E-state index contributed by atoms with van der Waals surface area (Å²) < 4.78 is 11.1. The molecule has 0 saturated carbocycles. The molecule has 0 atom stereocenters. The van der Waals surface area contributed by atoms with Crippen molar-refractivity contribution in [3.63, 3.8) is 0 Å². The van der Waals surface area contributed by atoms with Gasteiger partial charge in [-0.05, 0) is 69.7 Å². The molecular weight excluding hydrogens is 498 g/mol. The Kier molecular flexibility index (Phi) is 9.29. The van der Waals surface area contributed by atoms with Crippen LogP contribution in [0.2, 0.25) is 0 Å². The molecular formula is C34H47N3O3. The van der Waals surface area contributed by atoms with Crippen LogP contribution in [0.25, 0.3) is 0 Å². The van der Waals surface area contributed by atoms with E-state index in [9.17, 15) is 4.79 Å². The third-order valence-electron chi connectivity index (χ3n) is 8.04. The minimum atomic E-state index is -0.324. The van der Waals surface area contributed by atoms with Gasteiger partial charge in [-0.1, -0.05) is 60.9 Å². The lowest BCUT2D eigenvalue weighted by atomic mass is 9.82. The fourth-order valence-corrected chi connectivity index (χ4v) is 6.23. The topological polar surface area (TPSA) is 45.2 Å². The molecule has 0 N–H and O–H groups in total. The molecule has 4 rings (SSSR count). The molecule has 2 fully saturated rings. The lowest BCUT2D eigenvalue weighted by Crippen LogP contribution is -2.53. The van der Waals surface area contributed by atoms with Crippen molar-refractivity contribution in [3.8, 4) is 11.5 Å². The Morgan fingerprint density at radius 3 is 2.00 bits per heavy atom. The van der Waals surface area contributed by atoms with Crippen LogP contribution in [0, 0.1) is 19.8 Å². The lowest BCUT2D eigenvalue weighted by Gasteiger charge is -2.44. The smallest absolute Gasteiger partial charge is 0.325 e. The molecule has 6 heteroatoms. The van der Waals surface area contributed by atoms with Crippen LogP contribution in [0.1, 0.15) is 62.8 Å². The number of aryl methyl sites for hydroxylation is 2. The third-order valence-corrected chi connectivity index (χ3v) is 8.04. The summed E-state index contributed by atoms with van der Waals surface area (Å²) in [5.74, 6) is 1.77. The van der Waals surface area contributed by atoms with E-state index in [1.807, 2.05) is 23.1 Å². The van der Waals surface area contributed by atoms with Crippen LogP contribution in [0.3, 0.4) is 0 Å². The molecule has 2 heterocycles. The Morgan fingerprint density at radius 2 is 1.48 bits per heavy atom. The molecule has 216 valence electrons. The average Bonchev–Trinajstić information content (AvgIpc) is 3.09. The summed E-state index contributed by atoms with van der Waals surface area (Å²) in [4.78, 5) is 20.9. The maximum absolute atomic E-state index is 14.2. The molecule has 2 aromatic carbocycles. The van der Waals surface area contributed by atoms with E-state index >= 15 is 0 Å². The normalized spacial score (nSPS) is 18.2. The van der Waals surface area contributed by atoms with Gasteiger partial charge in [0.1, 0.15) is 11.5 Å². The van der Waals surface area contributed by atoms with Crippen LogP contribution in [-0.2, 0) is 13.1 Å². The Labute approximate surface area is 241 Å². The number of hydrogen-bond donors (Lipinski definition) is 0. The molecule has 2 amide bonds. The van der Waals surface area contributed by atoms with Crippen molar-refractivity contribution in [2.24, 2.45) is 5.92 Å². The van der Waals surface area contributed by atoms with Crippen LogP contribution < -0.4 is 9.47 Å². The highest BCUT2D eigenvalue weighted by molar-refractivity contribution is 5.82. The molecule has 2 saturated heterocycles. The Morgan fingerprint density at radius 1 is 0.900 bits per heavy atom. The lowest BCUT2D eigenvalue weighted by molar-refractivity contribution is 0.0920. The fourth-order valence-electron chi connectivity index (χ4n) is 6.23. The van der Waals surface area contributed by atoms with Crippen molar-refractivity contribution >= 4 is 6.03 Å². The van der Waals surface area contributed by atoms with Gasteiger partial charge in [-0.2, -0.15) is 0 Å². The fraction of sp³-hybridized carbons (Fsp3) is 0.500. The monoisotopic (exact) mass is 545 g/mol. The Balaban J connectivity index is 1.67. The van der Waals surface area contributed by atoms with Crippen LogP contribution >= 0.6 is 0 Å². The van der Waals surface area contributed by atoms with E-state index in [1.54, 1.807) is 14.2 Å². The molecule has 0 radical (unpaired) electrons. The van der Waals surface area contributed by atoms with Crippen molar-refractivity contribution < 1.29 is 14.3 Å². The summed E-state index contributed by atoms with van der Waals surface area (Å²) in [6, 6.07) is 12.8. The summed E-state index contributed by atoms with van der Waals surface area (Å²) in [5, 5.41) is 0. The largest absolute Gasteiger partial charge is 0.497 e. The number of rotatable bonds is 9. The summed E-state index contributed by atoms with van der Waals surface area (Å²) in [5.41, 5.74) is 7.02. The highest BCUT2D eigenvalue weighted by Crippen LogP contribution is 2.45. The van der Waals surface area contributed by atoms with E-state index < -0.39 is 0 Å². The van der Waals surface area contributed by atoms with E-state index in [4.69, 9.17) is 9.47 Å². The summed E-state index contributed by atoms with van der Waals surface area (Å²) in [6.45, 7) is 16.9. The maximum atomic E-state index is 14.2. The summed E-state index contributed by atoms with van der Waals surface area (Å²) >= 11 is 0. The number of benzene rings is 2. The minimum Gasteiger partial charge on any atom is -0.497 e. The highest BCUT2D eigenvalue weighted by atomic mass is 16.5.